The van der Waals surface area contributed by atoms with E-state index >= 15 is 0 Å². The van der Waals surface area contributed by atoms with Gasteiger partial charge in [-0.2, -0.15) is 0 Å². The van der Waals surface area contributed by atoms with E-state index in [1.54, 1.807) is 9.80 Å². The van der Waals surface area contributed by atoms with Gasteiger partial charge in [0.15, 0.2) is 0 Å². The Balaban J connectivity index is 1.60. The number of nitrogens with one attached hydrogen (secondary N) is 1. The largest absolute Gasteiger partial charge is 0.481 e. The molecule has 2 aliphatic rings. The molecule has 146 valence electrons. The summed E-state index contributed by atoms with van der Waals surface area (Å²) in [4.78, 5) is 40.2. The van der Waals surface area contributed by atoms with E-state index in [0.29, 0.717) is 26.1 Å². The number of aliphatic carboxylic acids is 1. The van der Waals surface area contributed by atoms with E-state index in [1.165, 1.54) is 0 Å². The minimum absolute atomic E-state index is 0.0231. The predicted molar refractivity (Wildman–Crippen MR) is 101 cm³/mol. The van der Waals surface area contributed by atoms with Gasteiger partial charge in [0.25, 0.3) is 0 Å². The Hall–Kier alpha value is -2.57. The summed E-state index contributed by atoms with van der Waals surface area (Å²) in [5, 5.41) is 12.2. The Morgan fingerprint density at radius 1 is 1.04 bits per heavy atom. The molecule has 7 nitrogen and oxygen atoms in total. The molecule has 2 saturated heterocycles. The van der Waals surface area contributed by atoms with Crippen LogP contribution in [0.2, 0.25) is 0 Å². The van der Waals surface area contributed by atoms with Gasteiger partial charge >= 0.3 is 12.0 Å². The van der Waals surface area contributed by atoms with E-state index in [2.05, 4.69) is 5.32 Å². The maximum absolute atomic E-state index is 13.0. The third-order valence-corrected chi connectivity index (χ3v) is 5.40. The zero-order valence-electron chi connectivity index (χ0n) is 15.6. The van der Waals surface area contributed by atoms with E-state index in [9.17, 15) is 19.5 Å². The molecule has 0 saturated carbocycles. The molecule has 3 unspecified atom stereocenters. The number of carbonyl (C=O) groups excluding carboxylic acids is 2. The van der Waals surface area contributed by atoms with Gasteiger partial charge in [-0.25, -0.2) is 4.79 Å². The van der Waals surface area contributed by atoms with Crippen LogP contribution in [0.4, 0.5) is 10.5 Å². The molecule has 1 aromatic rings. The number of carbonyl (C=O) groups is 3. The van der Waals surface area contributed by atoms with Crippen LogP contribution in [0.15, 0.2) is 30.3 Å². The molecule has 3 atom stereocenters. The first-order valence-corrected chi connectivity index (χ1v) is 9.56. The Morgan fingerprint density at radius 2 is 1.74 bits per heavy atom. The monoisotopic (exact) mass is 373 g/mol. The van der Waals surface area contributed by atoms with E-state index in [1.807, 2.05) is 37.3 Å². The topological polar surface area (TPSA) is 90.0 Å². The van der Waals surface area contributed by atoms with Gasteiger partial charge in [-0.15, -0.1) is 0 Å². The molecule has 3 amide bonds. The number of carboxylic acid groups (broad SMARTS) is 1. The lowest BCUT2D eigenvalue weighted by Crippen LogP contribution is -2.52. The van der Waals surface area contributed by atoms with Crippen LogP contribution < -0.4 is 5.32 Å². The molecular formula is C20H27N3O4. The summed E-state index contributed by atoms with van der Waals surface area (Å²) in [5.41, 5.74) is 0.727. The number of carboxylic acids is 1. The average Bonchev–Trinajstić information content (AvgIpc) is 2.67. The molecule has 27 heavy (non-hydrogen) atoms. The number of rotatable bonds is 3. The van der Waals surface area contributed by atoms with Crippen LogP contribution in [0.3, 0.4) is 0 Å². The Bertz CT molecular complexity index is 694. The normalized spacial score (nSPS) is 25.7. The predicted octanol–water partition coefficient (Wildman–Crippen LogP) is 2.50. The van der Waals surface area contributed by atoms with Crippen molar-refractivity contribution in [2.75, 3.05) is 31.5 Å². The average molecular weight is 373 g/mol. The van der Waals surface area contributed by atoms with Gasteiger partial charge in [-0.05, 0) is 37.3 Å². The van der Waals surface area contributed by atoms with Crippen LogP contribution in [0.25, 0.3) is 0 Å². The quantitative estimate of drug-likeness (QED) is 0.852. The van der Waals surface area contributed by atoms with Crippen LogP contribution in [-0.4, -0.2) is 59.0 Å². The van der Waals surface area contributed by atoms with Crippen LogP contribution >= 0.6 is 0 Å². The molecule has 2 fully saturated rings. The lowest BCUT2D eigenvalue weighted by molar-refractivity contribution is -0.148. The van der Waals surface area contributed by atoms with Crippen molar-refractivity contribution < 1.29 is 19.5 Å². The molecule has 0 bridgehead atoms. The third kappa shape index (κ3) is 4.78. The van der Waals surface area contributed by atoms with Gasteiger partial charge in [0.2, 0.25) is 5.91 Å². The standard InChI is InChI=1S/C20H27N3O4/c1-14-10-16(19(25)26)13-23(11-14)18(24)15-6-5-9-22(12-15)20(27)21-17-7-3-2-4-8-17/h2-4,7-8,14-16H,5-6,9-13H2,1H3,(H,21,27)(H,25,26). The fraction of sp³-hybridized carbons (Fsp3) is 0.550. The number of likely N-dealkylation sites (tertiary alicyclic amines) is 2. The Morgan fingerprint density at radius 3 is 2.44 bits per heavy atom. The zero-order chi connectivity index (χ0) is 19.4. The second-order valence-electron chi connectivity index (χ2n) is 7.70. The lowest BCUT2D eigenvalue weighted by Gasteiger charge is -2.39. The number of hydrogen-bond donors (Lipinski definition) is 2. The molecule has 3 rings (SSSR count). The third-order valence-electron chi connectivity index (χ3n) is 5.40. The fourth-order valence-electron chi connectivity index (χ4n) is 4.06. The highest BCUT2D eigenvalue weighted by Crippen LogP contribution is 2.26. The number of nitrogens with zero attached hydrogens (tertiary/aromatic N) is 2. The maximum atomic E-state index is 13.0. The smallest absolute Gasteiger partial charge is 0.321 e. The molecule has 0 radical (unpaired) electrons. The van der Waals surface area contributed by atoms with Crippen molar-refractivity contribution in [3.63, 3.8) is 0 Å². The lowest BCUT2D eigenvalue weighted by atomic mass is 9.88. The molecule has 2 heterocycles. The molecular weight excluding hydrogens is 346 g/mol. The summed E-state index contributed by atoms with van der Waals surface area (Å²) in [6.07, 6.45) is 2.11. The van der Waals surface area contributed by atoms with Crippen LogP contribution in [-0.2, 0) is 9.59 Å². The first-order chi connectivity index (χ1) is 12.9. The van der Waals surface area contributed by atoms with Gasteiger partial charge < -0.3 is 20.2 Å². The molecule has 7 heteroatoms. The SMILES string of the molecule is CC1CC(C(=O)O)CN(C(=O)C2CCCN(C(=O)Nc3ccccc3)C2)C1. The number of amides is 3. The second kappa shape index (κ2) is 8.41. The Kier molecular flexibility index (Phi) is 5.98. The summed E-state index contributed by atoms with van der Waals surface area (Å²) in [7, 11) is 0. The first kappa shape index (κ1) is 19.2. The summed E-state index contributed by atoms with van der Waals surface area (Å²) in [5.74, 6) is -1.46. The number of urea groups is 1. The summed E-state index contributed by atoms with van der Waals surface area (Å²) >= 11 is 0. The van der Waals surface area contributed by atoms with Crippen molar-refractivity contribution >= 4 is 23.6 Å². The summed E-state index contributed by atoms with van der Waals surface area (Å²) in [6.45, 7) is 3.84. The van der Waals surface area contributed by atoms with E-state index in [0.717, 1.165) is 18.5 Å². The van der Waals surface area contributed by atoms with Gasteiger partial charge in [-0.3, -0.25) is 9.59 Å². The Labute approximate surface area is 159 Å². The van der Waals surface area contributed by atoms with Crippen LogP contribution in [0, 0.1) is 17.8 Å². The number of hydrogen-bond acceptors (Lipinski definition) is 3. The van der Waals surface area contributed by atoms with Crippen molar-refractivity contribution in [2.45, 2.75) is 26.2 Å². The first-order valence-electron chi connectivity index (χ1n) is 9.56. The summed E-state index contributed by atoms with van der Waals surface area (Å²) < 4.78 is 0. The number of benzene rings is 1. The van der Waals surface area contributed by atoms with E-state index in [4.69, 9.17) is 0 Å². The minimum atomic E-state index is -0.841. The highest BCUT2D eigenvalue weighted by molar-refractivity contribution is 5.90. The maximum Gasteiger partial charge on any atom is 0.321 e. The van der Waals surface area contributed by atoms with Crippen molar-refractivity contribution in [2.24, 2.45) is 17.8 Å². The van der Waals surface area contributed by atoms with E-state index < -0.39 is 11.9 Å². The van der Waals surface area contributed by atoms with Crippen LogP contribution in [0.1, 0.15) is 26.2 Å². The molecule has 0 aliphatic carbocycles. The van der Waals surface area contributed by atoms with Gasteiger partial charge in [0.05, 0.1) is 11.8 Å². The van der Waals surface area contributed by atoms with Crippen molar-refractivity contribution in [3.05, 3.63) is 30.3 Å². The summed E-state index contributed by atoms with van der Waals surface area (Å²) in [6, 6.07) is 9.05. The number of anilines is 1. The van der Waals surface area contributed by atoms with Gasteiger partial charge in [-0.1, -0.05) is 25.1 Å². The van der Waals surface area contributed by atoms with Gasteiger partial charge in [0, 0.05) is 31.9 Å². The van der Waals surface area contributed by atoms with Crippen molar-refractivity contribution in [1.29, 1.82) is 0 Å². The van der Waals surface area contributed by atoms with Crippen molar-refractivity contribution in [1.82, 2.24) is 9.80 Å². The van der Waals surface area contributed by atoms with Crippen LogP contribution in [0.5, 0.6) is 0 Å². The molecule has 2 N–H and O–H groups in total. The van der Waals surface area contributed by atoms with E-state index in [-0.39, 0.29) is 30.3 Å². The molecule has 0 spiro atoms. The molecule has 1 aromatic carbocycles. The zero-order valence-corrected chi connectivity index (χ0v) is 15.6. The second-order valence-corrected chi connectivity index (χ2v) is 7.70. The van der Waals surface area contributed by atoms with Crippen molar-refractivity contribution in [3.8, 4) is 0 Å². The number of piperidine rings is 2. The van der Waals surface area contributed by atoms with Gasteiger partial charge in [0.1, 0.15) is 0 Å². The fourth-order valence-corrected chi connectivity index (χ4v) is 4.06. The highest BCUT2D eigenvalue weighted by Gasteiger charge is 2.36. The highest BCUT2D eigenvalue weighted by atomic mass is 16.4. The number of para-hydroxylation sites is 1. The molecule has 0 aromatic heterocycles. The molecule has 2 aliphatic heterocycles. The minimum Gasteiger partial charge on any atom is -0.481 e.